The molecule has 0 spiro atoms. The number of rotatable bonds is 3. The molecule has 2 heteroatoms. The third-order valence-corrected chi connectivity index (χ3v) is 3.47. The summed E-state index contributed by atoms with van der Waals surface area (Å²) in [5.41, 5.74) is 2.54. The first-order valence-electron chi connectivity index (χ1n) is 6.77. The number of aromatic nitrogens is 1. The average molecular weight is 261 g/mol. The molecule has 0 saturated carbocycles. The minimum absolute atomic E-state index is 0.149. The van der Waals surface area contributed by atoms with Crippen molar-refractivity contribution in [2.75, 3.05) is 0 Å². The van der Waals surface area contributed by atoms with Crippen LogP contribution in [0.25, 0.3) is 22.0 Å². The molecule has 98 valence electrons. The van der Waals surface area contributed by atoms with Gasteiger partial charge in [-0.3, -0.25) is 9.78 Å². The minimum Gasteiger partial charge on any atom is -0.294 e. The molecule has 0 bridgehead atoms. The number of ketones is 1. The Bertz CT molecular complexity index is 763. The lowest BCUT2D eigenvalue weighted by Crippen LogP contribution is -2.01. The Kier molecular flexibility index (Phi) is 3.30. The molecule has 3 aromatic rings. The van der Waals surface area contributed by atoms with Gasteiger partial charge in [0.05, 0.1) is 5.69 Å². The van der Waals surface area contributed by atoms with E-state index in [0.717, 1.165) is 27.6 Å². The van der Waals surface area contributed by atoms with Crippen LogP contribution in [0.15, 0.2) is 60.8 Å². The monoisotopic (exact) mass is 261 g/mol. The van der Waals surface area contributed by atoms with E-state index in [1.54, 1.807) is 6.20 Å². The van der Waals surface area contributed by atoms with Crippen LogP contribution < -0.4 is 0 Å². The van der Waals surface area contributed by atoms with Crippen molar-refractivity contribution in [2.45, 2.75) is 13.3 Å². The Morgan fingerprint density at radius 3 is 2.55 bits per heavy atom. The predicted octanol–water partition coefficient (Wildman–Crippen LogP) is 4.49. The summed E-state index contributed by atoms with van der Waals surface area (Å²) >= 11 is 0. The first-order chi connectivity index (χ1) is 9.81. The van der Waals surface area contributed by atoms with Gasteiger partial charge in [-0.05, 0) is 22.9 Å². The number of hydrogen-bond donors (Lipinski definition) is 0. The lowest BCUT2D eigenvalue weighted by molar-refractivity contribution is 0.0989. The van der Waals surface area contributed by atoms with Crippen LogP contribution in [0.3, 0.4) is 0 Å². The molecule has 2 nitrogen and oxygen atoms in total. The van der Waals surface area contributed by atoms with E-state index >= 15 is 0 Å². The molecular weight excluding hydrogens is 246 g/mol. The standard InChI is InChI=1S/C18H15NO/c1-2-17(20)15-11-10-13-7-3-4-8-14(13)18(15)16-9-5-6-12-19-16/h3-12H,2H2,1H3. The molecule has 0 atom stereocenters. The van der Waals surface area contributed by atoms with Gasteiger partial charge in [0.1, 0.15) is 0 Å². The molecule has 0 amide bonds. The van der Waals surface area contributed by atoms with E-state index in [9.17, 15) is 4.79 Å². The maximum atomic E-state index is 12.2. The average Bonchev–Trinajstić information content (AvgIpc) is 2.53. The summed E-state index contributed by atoms with van der Waals surface area (Å²) in [5, 5.41) is 2.20. The van der Waals surface area contributed by atoms with E-state index in [2.05, 4.69) is 11.1 Å². The van der Waals surface area contributed by atoms with Crippen LogP contribution in [0.2, 0.25) is 0 Å². The van der Waals surface area contributed by atoms with E-state index in [0.29, 0.717) is 6.42 Å². The summed E-state index contributed by atoms with van der Waals surface area (Å²) in [6.07, 6.45) is 2.26. The molecule has 2 aromatic carbocycles. The molecule has 0 N–H and O–H groups in total. The first-order valence-corrected chi connectivity index (χ1v) is 6.77. The van der Waals surface area contributed by atoms with Crippen molar-refractivity contribution in [3.63, 3.8) is 0 Å². The van der Waals surface area contributed by atoms with Crippen molar-refractivity contribution in [1.29, 1.82) is 0 Å². The number of carbonyl (C=O) groups is 1. The minimum atomic E-state index is 0.149. The Labute approximate surface area is 118 Å². The van der Waals surface area contributed by atoms with Crippen molar-refractivity contribution < 1.29 is 4.79 Å². The molecule has 0 saturated heterocycles. The highest BCUT2D eigenvalue weighted by Gasteiger charge is 2.15. The zero-order chi connectivity index (χ0) is 13.9. The van der Waals surface area contributed by atoms with Crippen molar-refractivity contribution in [1.82, 2.24) is 4.98 Å². The molecule has 1 aromatic heterocycles. The van der Waals surface area contributed by atoms with Gasteiger partial charge in [0, 0.05) is 23.7 Å². The molecule has 1 heterocycles. The third-order valence-electron chi connectivity index (χ3n) is 3.47. The van der Waals surface area contributed by atoms with Crippen molar-refractivity contribution in [3.8, 4) is 11.3 Å². The maximum Gasteiger partial charge on any atom is 0.163 e. The molecule has 0 radical (unpaired) electrons. The van der Waals surface area contributed by atoms with Crippen molar-refractivity contribution in [2.24, 2.45) is 0 Å². The van der Waals surface area contributed by atoms with Crippen LogP contribution in [0.1, 0.15) is 23.7 Å². The van der Waals surface area contributed by atoms with Gasteiger partial charge in [0.15, 0.2) is 5.78 Å². The van der Waals surface area contributed by atoms with Crippen molar-refractivity contribution in [3.05, 3.63) is 66.4 Å². The second kappa shape index (κ2) is 5.25. The summed E-state index contributed by atoms with van der Waals surface area (Å²) in [6.45, 7) is 1.89. The van der Waals surface area contributed by atoms with Crippen LogP contribution >= 0.6 is 0 Å². The van der Waals surface area contributed by atoms with Gasteiger partial charge in [-0.1, -0.05) is 49.4 Å². The molecule has 0 aliphatic rings. The molecular formula is C18H15NO. The van der Waals surface area contributed by atoms with Gasteiger partial charge in [-0.25, -0.2) is 0 Å². The summed E-state index contributed by atoms with van der Waals surface area (Å²) in [4.78, 5) is 16.6. The molecule has 0 aliphatic heterocycles. The molecule has 0 fully saturated rings. The van der Waals surface area contributed by atoms with Crippen LogP contribution in [0.5, 0.6) is 0 Å². The Hall–Kier alpha value is -2.48. The molecule has 0 unspecified atom stereocenters. The summed E-state index contributed by atoms with van der Waals surface area (Å²) < 4.78 is 0. The zero-order valence-corrected chi connectivity index (χ0v) is 11.3. The number of carbonyl (C=O) groups excluding carboxylic acids is 1. The number of pyridine rings is 1. The zero-order valence-electron chi connectivity index (χ0n) is 11.3. The summed E-state index contributed by atoms with van der Waals surface area (Å²) in [5.74, 6) is 0.149. The van der Waals surface area contributed by atoms with E-state index in [-0.39, 0.29) is 5.78 Å². The number of nitrogens with zero attached hydrogens (tertiary/aromatic N) is 1. The highest BCUT2D eigenvalue weighted by Crippen LogP contribution is 2.31. The van der Waals surface area contributed by atoms with Crippen LogP contribution in [-0.2, 0) is 0 Å². The number of benzene rings is 2. The third kappa shape index (κ3) is 2.10. The van der Waals surface area contributed by atoms with Crippen LogP contribution in [0.4, 0.5) is 0 Å². The van der Waals surface area contributed by atoms with Gasteiger partial charge < -0.3 is 0 Å². The van der Waals surface area contributed by atoms with E-state index in [4.69, 9.17) is 0 Å². The summed E-state index contributed by atoms with van der Waals surface area (Å²) in [7, 11) is 0. The summed E-state index contributed by atoms with van der Waals surface area (Å²) in [6, 6.07) is 17.8. The topological polar surface area (TPSA) is 30.0 Å². The quantitative estimate of drug-likeness (QED) is 0.650. The fourth-order valence-corrected chi connectivity index (χ4v) is 2.48. The normalized spacial score (nSPS) is 10.7. The highest BCUT2D eigenvalue weighted by atomic mass is 16.1. The van der Waals surface area contributed by atoms with Crippen LogP contribution in [-0.4, -0.2) is 10.8 Å². The second-order valence-corrected chi connectivity index (χ2v) is 4.70. The smallest absolute Gasteiger partial charge is 0.163 e. The number of Topliss-reactive ketones (excluding diaryl/α,β-unsaturated/α-hetero) is 1. The van der Waals surface area contributed by atoms with Crippen molar-refractivity contribution >= 4 is 16.6 Å². The SMILES string of the molecule is CCC(=O)c1ccc2ccccc2c1-c1ccccn1. The fourth-order valence-electron chi connectivity index (χ4n) is 2.48. The van der Waals surface area contributed by atoms with Gasteiger partial charge >= 0.3 is 0 Å². The molecule has 0 aliphatic carbocycles. The Balaban J connectivity index is 2.38. The number of fused-ring (bicyclic) bond motifs is 1. The largest absolute Gasteiger partial charge is 0.294 e. The Morgan fingerprint density at radius 1 is 1.00 bits per heavy atom. The number of hydrogen-bond acceptors (Lipinski definition) is 2. The molecule has 20 heavy (non-hydrogen) atoms. The van der Waals surface area contributed by atoms with Gasteiger partial charge in [-0.15, -0.1) is 0 Å². The highest BCUT2D eigenvalue weighted by molar-refractivity contribution is 6.10. The van der Waals surface area contributed by atoms with Gasteiger partial charge in [-0.2, -0.15) is 0 Å². The lowest BCUT2D eigenvalue weighted by atomic mass is 9.93. The lowest BCUT2D eigenvalue weighted by Gasteiger charge is -2.11. The molecule has 3 rings (SSSR count). The van der Waals surface area contributed by atoms with E-state index < -0.39 is 0 Å². The first kappa shape index (κ1) is 12.5. The van der Waals surface area contributed by atoms with E-state index in [1.165, 1.54) is 0 Å². The van der Waals surface area contributed by atoms with Gasteiger partial charge in [0.25, 0.3) is 0 Å². The van der Waals surface area contributed by atoms with E-state index in [1.807, 2.05) is 55.5 Å². The van der Waals surface area contributed by atoms with Crippen LogP contribution in [0, 0.1) is 0 Å². The fraction of sp³-hybridized carbons (Fsp3) is 0.111. The second-order valence-electron chi connectivity index (χ2n) is 4.70. The Morgan fingerprint density at radius 2 is 1.80 bits per heavy atom. The predicted molar refractivity (Wildman–Crippen MR) is 81.8 cm³/mol. The maximum absolute atomic E-state index is 12.2. The van der Waals surface area contributed by atoms with Gasteiger partial charge in [0.2, 0.25) is 0 Å².